The molecule has 4 aromatic rings. The molecule has 7 N–H and O–H groups in total. The average molecular weight is 979 g/mol. The number of aldehydes is 1. The summed E-state index contributed by atoms with van der Waals surface area (Å²) in [6.45, 7) is 1.96. The fraction of sp³-hybridized carbons (Fsp3) is 0.451. The van der Waals surface area contributed by atoms with Crippen LogP contribution in [0.5, 0.6) is 0 Å². The smallest absolute Gasteiger partial charge is 0.343 e. The second-order valence-electron chi connectivity index (χ2n) is 18.1. The van der Waals surface area contributed by atoms with Crippen molar-refractivity contribution in [2.45, 2.75) is 122 Å². The molecule has 0 saturated carbocycles. The molecule has 1 unspecified atom stereocenters. The molecule has 4 heterocycles. The predicted molar refractivity (Wildman–Crippen MR) is 256 cm³/mol. The number of fused-ring (bicyclic) bond motifs is 5. The summed E-state index contributed by atoms with van der Waals surface area (Å²) >= 11 is 0. The fourth-order valence-corrected chi connectivity index (χ4v) is 9.48. The first-order valence-corrected chi connectivity index (χ1v) is 24.1. The Balaban J connectivity index is 0.913. The van der Waals surface area contributed by atoms with Crippen molar-refractivity contribution < 1.29 is 52.6 Å². The Morgan fingerprint density at radius 1 is 0.873 bits per heavy atom. The van der Waals surface area contributed by atoms with Crippen LogP contribution in [0.2, 0.25) is 0 Å². The summed E-state index contributed by atoms with van der Waals surface area (Å²) in [6.07, 6.45) is 5.74. The molecule has 20 heteroatoms. The van der Waals surface area contributed by atoms with Crippen LogP contribution >= 0.6 is 0 Å². The van der Waals surface area contributed by atoms with Gasteiger partial charge in [-0.3, -0.25) is 33.6 Å². The van der Waals surface area contributed by atoms with E-state index >= 15 is 4.39 Å². The summed E-state index contributed by atoms with van der Waals surface area (Å²) in [6, 6.07) is 10.2. The zero-order valence-corrected chi connectivity index (χ0v) is 39.8. The second kappa shape index (κ2) is 23.0. The third kappa shape index (κ3) is 11.8. The summed E-state index contributed by atoms with van der Waals surface area (Å²) in [5.74, 6) is -4.39. The minimum atomic E-state index is -2.03. The Morgan fingerprint density at radius 2 is 1.58 bits per heavy atom. The zero-order valence-electron chi connectivity index (χ0n) is 39.8. The van der Waals surface area contributed by atoms with E-state index in [9.17, 15) is 48.3 Å². The summed E-state index contributed by atoms with van der Waals surface area (Å²) in [4.78, 5) is 119. The third-order valence-electron chi connectivity index (χ3n) is 13.3. The van der Waals surface area contributed by atoms with Crippen LogP contribution in [0.4, 0.5) is 4.39 Å². The standard InChI is InChI=1S/C51H59FN8O11/c1-3-51(70)34-22-39-47-32(27-60(39)49(68)33(34)28-71-50(51)69)46-36(18-17-31-29(2)35(52)23-37(59-47)45(31)46)57-41(63)16-12-19-53-42(64)25-56-48(67)38(21-30-13-8-7-9-14-30)58-44(66)26-55-43(65)24-54-40(62)15-10-5-4-6-11-20-61/h7-9,13-14,20,22-23,36,38,70H,3-6,10-12,15-19,21,24-28H2,1-2H3,(H,53,64)(H,54,62)(H,55,65)(H,56,67)(H,57,63)(H,58,66)/t36-,38?,51-/m0/s1. The van der Waals surface area contributed by atoms with Gasteiger partial charge in [0.05, 0.1) is 54.7 Å². The van der Waals surface area contributed by atoms with Crippen molar-refractivity contribution in [2.24, 2.45) is 0 Å². The van der Waals surface area contributed by atoms with E-state index in [0.717, 1.165) is 36.7 Å². The lowest BCUT2D eigenvalue weighted by molar-refractivity contribution is -0.172. The van der Waals surface area contributed by atoms with Gasteiger partial charge in [0.25, 0.3) is 5.56 Å². The number of carbonyl (C=O) groups is 8. The van der Waals surface area contributed by atoms with Crippen LogP contribution in [0.25, 0.3) is 22.3 Å². The molecule has 0 saturated heterocycles. The third-order valence-corrected chi connectivity index (χ3v) is 13.3. The van der Waals surface area contributed by atoms with Gasteiger partial charge in [0.15, 0.2) is 5.60 Å². The number of carbonyl (C=O) groups excluding carboxylic acids is 8. The highest BCUT2D eigenvalue weighted by atomic mass is 19.1. The predicted octanol–water partition coefficient (Wildman–Crippen LogP) is 2.14. The molecule has 2 aromatic heterocycles. The lowest BCUT2D eigenvalue weighted by atomic mass is 9.81. The Bertz CT molecular complexity index is 2820. The SMILES string of the molecule is CC[C@@]1(O)C(=O)OCc2c1cc1n(c2=O)Cc2c-1nc1cc(F)c(C)c3c1c2[C@@H](NC(=O)CCCNC(=O)CNC(=O)C(Cc1ccccc1)NC(=O)CNC(=O)CNC(=O)CCCCCCC=O)CC3. The summed E-state index contributed by atoms with van der Waals surface area (Å²) in [7, 11) is 0. The van der Waals surface area contributed by atoms with Gasteiger partial charge in [0, 0.05) is 54.8 Å². The van der Waals surface area contributed by atoms with Crippen molar-refractivity contribution in [2.75, 3.05) is 26.2 Å². The lowest BCUT2D eigenvalue weighted by Gasteiger charge is -2.31. The summed E-state index contributed by atoms with van der Waals surface area (Å²) in [5, 5.41) is 27.9. The minimum Gasteiger partial charge on any atom is -0.458 e. The monoisotopic (exact) mass is 978 g/mol. The van der Waals surface area contributed by atoms with Crippen molar-refractivity contribution in [3.8, 4) is 11.4 Å². The van der Waals surface area contributed by atoms with E-state index in [2.05, 4.69) is 31.9 Å². The Labute approximate surface area is 408 Å². The first-order chi connectivity index (χ1) is 34.1. The number of hydrogen-bond acceptors (Lipinski definition) is 12. The van der Waals surface area contributed by atoms with Gasteiger partial charge in [-0.05, 0) is 73.8 Å². The molecule has 0 spiro atoms. The number of nitrogens with one attached hydrogen (secondary N) is 6. The number of unbranched alkanes of at least 4 members (excludes halogenated alkanes) is 4. The molecule has 2 aliphatic heterocycles. The topological polar surface area (TPSA) is 273 Å². The highest BCUT2D eigenvalue weighted by molar-refractivity contribution is 5.95. The van der Waals surface area contributed by atoms with E-state index in [4.69, 9.17) is 9.72 Å². The molecule has 0 radical (unpaired) electrons. The maximum atomic E-state index is 15.4. The van der Waals surface area contributed by atoms with Gasteiger partial charge >= 0.3 is 5.97 Å². The van der Waals surface area contributed by atoms with Crippen molar-refractivity contribution in [3.05, 3.63) is 97.6 Å². The molecule has 71 heavy (non-hydrogen) atoms. The van der Waals surface area contributed by atoms with Crippen LogP contribution in [0.1, 0.15) is 116 Å². The first-order valence-electron chi connectivity index (χ1n) is 24.1. The molecule has 3 aliphatic rings. The number of benzene rings is 2. The number of esters is 1. The largest absolute Gasteiger partial charge is 0.458 e. The number of halogens is 1. The molecule has 0 bridgehead atoms. The van der Waals surface area contributed by atoms with E-state index in [1.54, 1.807) is 50.2 Å². The number of nitrogens with zero attached hydrogens (tertiary/aromatic N) is 2. The second-order valence-corrected chi connectivity index (χ2v) is 18.1. The van der Waals surface area contributed by atoms with Crippen molar-refractivity contribution in [1.82, 2.24) is 41.5 Å². The van der Waals surface area contributed by atoms with Crippen molar-refractivity contribution in [3.63, 3.8) is 0 Å². The van der Waals surface area contributed by atoms with E-state index < -0.39 is 71.7 Å². The van der Waals surface area contributed by atoms with Crippen LogP contribution in [0.15, 0.2) is 47.3 Å². The molecular formula is C51H59FN8O11. The number of amides is 6. The van der Waals surface area contributed by atoms with Crippen LogP contribution in [-0.4, -0.2) is 94.6 Å². The van der Waals surface area contributed by atoms with Gasteiger partial charge in [-0.2, -0.15) is 0 Å². The molecule has 376 valence electrons. The van der Waals surface area contributed by atoms with Gasteiger partial charge in [-0.15, -0.1) is 0 Å². The van der Waals surface area contributed by atoms with Crippen molar-refractivity contribution >= 4 is 58.6 Å². The minimum absolute atomic E-state index is 0.0171. The van der Waals surface area contributed by atoms with Crippen LogP contribution in [0, 0.1) is 12.7 Å². The lowest BCUT2D eigenvalue weighted by Crippen LogP contribution is -2.52. The van der Waals surface area contributed by atoms with Gasteiger partial charge in [0.1, 0.15) is 24.8 Å². The molecule has 6 amide bonds. The van der Waals surface area contributed by atoms with Crippen molar-refractivity contribution in [1.29, 1.82) is 0 Å². The Hall–Kier alpha value is -7.35. The number of cyclic esters (lactones) is 1. The quantitative estimate of drug-likeness (QED) is 0.0282. The molecule has 7 rings (SSSR count). The zero-order chi connectivity index (χ0) is 50.8. The summed E-state index contributed by atoms with van der Waals surface area (Å²) < 4.78 is 22.1. The number of rotatable bonds is 23. The highest BCUT2D eigenvalue weighted by Gasteiger charge is 2.46. The number of aryl methyl sites for hydroxylation is 1. The van der Waals surface area contributed by atoms with E-state index in [-0.39, 0.29) is 81.3 Å². The maximum Gasteiger partial charge on any atom is 0.343 e. The molecule has 3 atom stereocenters. The average Bonchev–Trinajstić information content (AvgIpc) is 3.73. The number of aliphatic hydroxyl groups is 1. The van der Waals surface area contributed by atoms with E-state index in [1.807, 2.05) is 0 Å². The number of ether oxygens (including phenoxy) is 1. The van der Waals surface area contributed by atoms with Gasteiger partial charge in [-0.1, -0.05) is 50.1 Å². The fourth-order valence-electron chi connectivity index (χ4n) is 9.48. The van der Waals surface area contributed by atoms with Gasteiger partial charge in [0.2, 0.25) is 35.4 Å². The van der Waals surface area contributed by atoms with Crippen LogP contribution < -0.4 is 37.5 Å². The Kier molecular flexibility index (Phi) is 16.7. The summed E-state index contributed by atoms with van der Waals surface area (Å²) in [5.41, 5.74) is 2.25. The van der Waals surface area contributed by atoms with Gasteiger partial charge in [-0.25, -0.2) is 14.2 Å². The molecule has 1 aliphatic carbocycles. The Morgan fingerprint density at radius 3 is 2.34 bits per heavy atom. The van der Waals surface area contributed by atoms with E-state index in [1.165, 1.54) is 10.6 Å². The van der Waals surface area contributed by atoms with Crippen LogP contribution in [-0.2, 0) is 74.7 Å². The first kappa shape index (κ1) is 51.5. The molecular weight excluding hydrogens is 920 g/mol. The normalized spacial score (nSPS) is 16.6. The highest BCUT2D eigenvalue weighted by Crippen LogP contribution is 2.46. The number of hydrogen-bond donors (Lipinski definition) is 7. The van der Waals surface area contributed by atoms with Gasteiger partial charge < -0.3 is 51.1 Å². The molecule has 2 aromatic carbocycles. The van der Waals surface area contributed by atoms with Crippen LogP contribution in [0.3, 0.4) is 0 Å². The van der Waals surface area contributed by atoms with E-state index in [0.29, 0.717) is 64.7 Å². The number of aromatic nitrogens is 2. The number of pyridine rings is 2. The molecule has 19 nitrogen and oxygen atoms in total. The maximum absolute atomic E-state index is 15.4. The molecule has 0 fully saturated rings.